The Morgan fingerprint density at radius 3 is 2.55 bits per heavy atom. The Bertz CT molecular complexity index is 1100. The van der Waals surface area contributed by atoms with Crippen LogP contribution in [0.3, 0.4) is 0 Å². The molecular formula is C21H28F2N6OS. The third-order valence-electron chi connectivity index (χ3n) is 5.58. The highest BCUT2D eigenvalue weighted by Crippen LogP contribution is 2.34. The Morgan fingerprint density at radius 2 is 1.90 bits per heavy atom. The summed E-state index contributed by atoms with van der Waals surface area (Å²) in [5.74, 6) is -2.09. The highest BCUT2D eigenvalue weighted by molar-refractivity contribution is 7.90. The molecule has 1 aliphatic heterocycles. The van der Waals surface area contributed by atoms with Crippen molar-refractivity contribution in [3.05, 3.63) is 29.6 Å². The van der Waals surface area contributed by atoms with Crippen LogP contribution in [0.5, 0.6) is 0 Å². The molecule has 2 atom stereocenters. The number of hydrogen-bond donors (Lipinski definition) is 1. The van der Waals surface area contributed by atoms with Gasteiger partial charge in [0.25, 0.3) is 5.92 Å². The van der Waals surface area contributed by atoms with Gasteiger partial charge in [0.2, 0.25) is 5.95 Å². The van der Waals surface area contributed by atoms with Gasteiger partial charge < -0.3 is 9.45 Å². The summed E-state index contributed by atoms with van der Waals surface area (Å²) >= 11 is -1.26. The maximum Gasteiger partial charge on any atom is 0.251 e. The van der Waals surface area contributed by atoms with E-state index in [1.54, 1.807) is 10.7 Å². The van der Waals surface area contributed by atoms with E-state index >= 15 is 0 Å². The van der Waals surface area contributed by atoms with E-state index in [4.69, 9.17) is 4.98 Å². The molecule has 0 radical (unpaired) electrons. The Morgan fingerprint density at radius 1 is 1.23 bits per heavy atom. The number of anilines is 1. The smallest absolute Gasteiger partial charge is 0.251 e. The molecular weight excluding hydrogens is 422 g/mol. The van der Waals surface area contributed by atoms with Crippen LogP contribution in [0.15, 0.2) is 18.5 Å². The van der Waals surface area contributed by atoms with Gasteiger partial charge in [-0.3, -0.25) is 4.40 Å². The third-order valence-corrected chi connectivity index (χ3v) is 7.26. The summed E-state index contributed by atoms with van der Waals surface area (Å²) in [6.07, 6.45) is 1.15. The van der Waals surface area contributed by atoms with Crippen LogP contribution in [-0.2, 0) is 11.4 Å². The fourth-order valence-electron chi connectivity index (χ4n) is 3.81. The second-order valence-corrected chi connectivity index (χ2v) is 11.2. The number of rotatable bonds is 4. The lowest BCUT2D eigenvalue weighted by molar-refractivity contribution is -0.0222. The van der Waals surface area contributed by atoms with Crippen molar-refractivity contribution in [1.82, 2.24) is 24.3 Å². The van der Waals surface area contributed by atoms with Gasteiger partial charge in [-0.15, -0.1) is 14.9 Å². The third kappa shape index (κ3) is 4.33. The topological polar surface area (TPSA) is 81.4 Å². The lowest BCUT2D eigenvalue weighted by Gasteiger charge is -2.33. The number of alkyl halides is 2. The molecule has 0 amide bonds. The van der Waals surface area contributed by atoms with E-state index in [0.717, 1.165) is 16.5 Å². The normalized spacial score (nSPS) is 19.2. The van der Waals surface area contributed by atoms with Crippen molar-refractivity contribution in [2.45, 2.75) is 64.2 Å². The van der Waals surface area contributed by atoms with Gasteiger partial charge in [0.15, 0.2) is 5.65 Å². The van der Waals surface area contributed by atoms with E-state index in [2.05, 4.69) is 14.9 Å². The first-order chi connectivity index (χ1) is 14.5. The minimum atomic E-state index is -2.64. The van der Waals surface area contributed by atoms with Crippen LogP contribution in [0.4, 0.5) is 14.7 Å². The second-order valence-electron chi connectivity index (χ2n) is 9.25. The number of nitrogens with zero attached hydrogens (tertiary/aromatic N) is 5. The fourth-order valence-corrected chi connectivity index (χ4v) is 4.61. The molecule has 168 valence electrons. The van der Waals surface area contributed by atoms with Crippen molar-refractivity contribution in [3.8, 4) is 0 Å². The fraction of sp³-hybridized carbons (Fsp3) is 0.571. The van der Waals surface area contributed by atoms with E-state index in [0.29, 0.717) is 17.1 Å². The van der Waals surface area contributed by atoms with Crippen molar-refractivity contribution >= 4 is 33.9 Å². The number of aromatic nitrogens is 4. The quantitative estimate of drug-likeness (QED) is 0.607. The van der Waals surface area contributed by atoms with E-state index in [9.17, 15) is 13.3 Å². The van der Waals surface area contributed by atoms with Crippen LogP contribution in [0.1, 0.15) is 57.7 Å². The summed E-state index contributed by atoms with van der Waals surface area (Å²) in [6, 6.07) is 3.78. The number of nitrogens with one attached hydrogen (secondary N) is 1. The van der Waals surface area contributed by atoms with Crippen LogP contribution in [0, 0.1) is 6.92 Å². The molecule has 7 nitrogen and oxygen atoms in total. The highest BCUT2D eigenvalue weighted by Gasteiger charge is 2.35. The van der Waals surface area contributed by atoms with Gasteiger partial charge in [0.05, 0.1) is 11.6 Å². The molecule has 1 aliphatic rings. The summed E-state index contributed by atoms with van der Waals surface area (Å²) in [5, 5.41) is 9.17. The van der Waals surface area contributed by atoms with Crippen LogP contribution >= 0.6 is 0 Å². The number of hydrogen-bond acceptors (Lipinski definition) is 6. The first-order valence-electron chi connectivity index (χ1n) is 10.4. The number of piperidine rings is 1. The molecule has 3 aromatic rings. The van der Waals surface area contributed by atoms with Gasteiger partial charge in [-0.25, -0.2) is 13.8 Å². The average Bonchev–Trinajstić information content (AvgIpc) is 3.16. The van der Waals surface area contributed by atoms with Gasteiger partial charge in [-0.2, -0.15) is 0 Å². The Balaban J connectivity index is 1.83. The molecule has 31 heavy (non-hydrogen) atoms. The zero-order valence-corrected chi connectivity index (χ0v) is 19.3. The minimum Gasteiger partial charge on any atom is -0.598 e. The SMILES string of the molecule is Cc1cc([C@@H](C)N[S+]([O-])C(C)(C)C)c2nc(N3CCC(F)(F)CC3)n3cnnc3c2c1. The lowest BCUT2D eigenvalue weighted by Crippen LogP contribution is -2.41. The van der Waals surface area contributed by atoms with Crippen molar-refractivity contribution in [2.75, 3.05) is 18.0 Å². The van der Waals surface area contributed by atoms with Gasteiger partial charge in [-0.05, 0) is 46.2 Å². The van der Waals surface area contributed by atoms with Gasteiger partial charge in [0, 0.05) is 48.2 Å². The summed E-state index contributed by atoms with van der Waals surface area (Å²) < 4.78 is 44.7. The molecule has 4 rings (SSSR count). The van der Waals surface area contributed by atoms with Crippen LogP contribution in [0.2, 0.25) is 0 Å². The zero-order valence-electron chi connectivity index (χ0n) is 18.4. The molecule has 1 unspecified atom stereocenters. The number of halogens is 2. The maximum atomic E-state index is 13.7. The van der Waals surface area contributed by atoms with E-state index in [1.165, 1.54) is 0 Å². The molecule has 1 fully saturated rings. The second kappa shape index (κ2) is 7.83. The predicted molar refractivity (Wildman–Crippen MR) is 119 cm³/mol. The molecule has 3 heterocycles. The van der Waals surface area contributed by atoms with Crippen molar-refractivity contribution in [1.29, 1.82) is 0 Å². The van der Waals surface area contributed by atoms with E-state index in [-0.39, 0.29) is 32.0 Å². The van der Waals surface area contributed by atoms with Crippen molar-refractivity contribution in [3.63, 3.8) is 0 Å². The molecule has 1 saturated heterocycles. The molecule has 0 spiro atoms. The molecule has 0 aliphatic carbocycles. The first-order valence-corrected chi connectivity index (χ1v) is 11.6. The van der Waals surface area contributed by atoms with Crippen molar-refractivity contribution < 1.29 is 13.3 Å². The molecule has 0 bridgehead atoms. The van der Waals surface area contributed by atoms with E-state index in [1.807, 2.05) is 51.7 Å². The van der Waals surface area contributed by atoms with Gasteiger partial charge >= 0.3 is 0 Å². The Labute approximate surface area is 183 Å². The highest BCUT2D eigenvalue weighted by atomic mass is 32.2. The van der Waals surface area contributed by atoms with Crippen LogP contribution < -0.4 is 9.62 Å². The predicted octanol–water partition coefficient (Wildman–Crippen LogP) is 3.93. The van der Waals surface area contributed by atoms with Gasteiger partial charge in [-0.1, -0.05) is 6.07 Å². The summed E-state index contributed by atoms with van der Waals surface area (Å²) in [7, 11) is 0. The summed E-state index contributed by atoms with van der Waals surface area (Å²) in [5.41, 5.74) is 3.26. The largest absolute Gasteiger partial charge is 0.598 e. The molecule has 10 heteroatoms. The van der Waals surface area contributed by atoms with Crippen molar-refractivity contribution in [2.24, 2.45) is 0 Å². The Kier molecular flexibility index (Phi) is 5.60. The Hall–Kier alpha value is -2.04. The maximum absolute atomic E-state index is 13.7. The van der Waals surface area contributed by atoms with Crippen LogP contribution in [0.25, 0.3) is 16.6 Å². The molecule has 0 saturated carbocycles. The number of benzene rings is 1. The number of aryl methyl sites for hydroxylation is 1. The summed E-state index contributed by atoms with van der Waals surface area (Å²) in [4.78, 5) is 6.77. The average molecular weight is 451 g/mol. The molecule has 2 aromatic heterocycles. The lowest BCUT2D eigenvalue weighted by atomic mass is 10.0. The first kappa shape index (κ1) is 22.2. The zero-order chi connectivity index (χ0) is 22.6. The molecule has 1 N–H and O–H groups in total. The molecule has 1 aromatic carbocycles. The summed E-state index contributed by atoms with van der Waals surface area (Å²) in [6.45, 7) is 10.1. The van der Waals surface area contributed by atoms with E-state index < -0.39 is 22.0 Å². The van der Waals surface area contributed by atoms with Crippen LogP contribution in [-0.4, -0.2) is 47.9 Å². The standard InChI is InChI=1S/C21H28F2N6OS/c1-13-10-15(14(2)27-31(30)20(3,4)5)17-16(11-13)18-26-24-12-29(18)19(25-17)28-8-6-21(22,23)7-9-28/h10-12,14,27H,6-9H2,1-5H3/t14-,31?/m1/s1. The number of fused-ring (bicyclic) bond motifs is 3. The monoisotopic (exact) mass is 450 g/mol. The minimum absolute atomic E-state index is 0.209. The van der Waals surface area contributed by atoms with Gasteiger partial charge in [0.1, 0.15) is 11.1 Å².